The standard InChI is InChI=1S/C24H27F3N4O3/c1-13-4-6-16(7-5-13)12-30-11-14(2)31-20(23(30)34)10-19(29-31)22-18(28-15(3)32)8-17(9-21(22)33)24(25,26)27/h4-7,10,14,17,21,33H,8-9,11-12H2,1-3H3,(H,28,32)/t14-,17?,21?/m0/s1. The minimum atomic E-state index is -4.51. The number of nitrogens with one attached hydrogen (secondary N) is 1. The zero-order valence-corrected chi connectivity index (χ0v) is 19.2. The second-order valence-corrected chi connectivity index (χ2v) is 9.15. The average molecular weight is 476 g/mol. The van der Waals surface area contributed by atoms with Gasteiger partial charge in [0.1, 0.15) is 5.69 Å². The predicted octanol–water partition coefficient (Wildman–Crippen LogP) is 3.59. The fourth-order valence-corrected chi connectivity index (χ4v) is 4.65. The number of carbonyl (C=O) groups excluding carboxylic acids is 2. The van der Waals surface area contributed by atoms with E-state index < -0.39 is 36.9 Å². The van der Waals surface area contributed by atoms with E-state index in [1.54, 1.807) is 9.58 Å². The molecule has 0 saturated carbocycles. The molecule has 182 valence electrons. The summed E-state index contributed by atoms with van der Waals surface area (Å²) in [5.41, 5.74) is 2.70. The predicted molar refractivity (Wildman–Crippen MR) is 118 cm³/mol. The number of aliphatic hydroxyl groups is 1. The van der Waals surface area contributed by atoms with Gasteiger partial charge in [0.15, 0.2) is 0 Å². The Labute approximate surface area is 195 Å². The summed E-state index contributed by atoms with van der Waals surface area (Å²) in [6.07, 6.45) is -6.99. The van der Waals surface area contributed by atoms with Gasteiger partial charge < -0.3 is 15.3 Å². The lowest BCUT2D eigenvalue weighted by atomic mass is 9.83. The summed E-state index contributed by atoms with van der Waals surface area (Å²) in [6, 6.07) is 9.19. The van der Waals surface area contributed by atoms with Crippen molar-refractivity contribution in [3.8, 4) is 0 Å². The van der Waals surface area contributed by atoms with Gasteiger partial charge in [0, 0.05) is 31.3 Å². The number of alkyl halides is 3. The topological polar surface area (TPSA) is 87.5 Å². The number of fused-ring (bicyclic) bond motifs is 1. The third-order valence-electron chi connectivity index (χ3n) is 6.32. The first-order valence-corrected chi connectivity index (χ1v) is 11.1. The van der Waals surface area contributed by atoms with Crippen molar-refractivity contribution in [1.29, 1.82) is 0 Å². The number of aliphatic hydroxyl groups excluding tert-OH is 1. The molecule has 1 aliphatic heterocycles. The molecular weight excluding hydrogens is 449 g/mol. The van der Waals surface area contributed by atoms with Crippen molar-refractivity contribution in [1.82, 2.24) is 20.0 Å². The lowest BCUT2D eigenvalue weighted by Gasteiger charge is -2.32. The second kappa shape index (κ2) is 8.90. The van der Waals surface area contributed by atoms with Gasteiger partial charge in [-0.05, 0) is 38.3 Å². The SMILES string of the molecule is CC(=O)NC1=C(c2cc3n(n2)[C@@H](C)CN(Cc2ccc(C)cc2)C3=O)C(O)CC(C(F)(F)F)C1. The highest BCUT2D eigenvalue weighted by Gasteiger charge is 2.45. The van der Waals surface area contributed by atoms with Crippen molar-refractivity contribution in [2.75, 3.05) is 6.54 Å². The highest BCUT2D eigenvalue weighted by atomic mass is 19.4. The van der Waals surface area contributed by atoms with Crippen LogP contribution < -0.4 is 5.32 Å². The number of benzene rings is 1. The van der Waals surface area contributed by atoms with Crippen LogP contribution in [0.3, 0.4) is 0 Å². The van der Waals surface area contributed by atoms with E-state index in [0.717, 1.165) is 11.1 Å². The van der Waals surface area contributed by atoms with Gasteiger partial charge in [0.2, 0.25) is 5.91 Å². The first-order chi connectivity index (χ1) is 15.9. The normalized spacial score (nSPS) is 23.2. The molecule has 3 atom stereocenters. The Balaban J connectivity index is 1.68. The molecule has 1 aromatic heterocycles. The first-order valence-electron chi connectivity index (χ1n) is 11.1. The van der Waals surface area contributed by atoms with E-state index in [4.69, 9.17) is 0 Å². The molecule has 0 radical (unpaired) electrons. The molecule has 7 nitrogen and oxygen atoms in total. The fraction of sp³-hybridized carbons (Fsp3) is 0.458. The Kier molecular flexibility index (Phi) is 6.28. The van der Waals surface area contributed by atoms with E-state index in [0.29, 0.717) is 18.8 Å². The summed E-state index contributed by atoms with van der Waals surface area (Å²) in [5, 5.41) is 17.6. The summed E-state index contributed by atoms with van der Waals surface area (Å²) in [6.45, 7) is 5.91. The van der Waals surface area contributed by atoms with Crippen LogP contribution in [0.1, 0.15) is 60.0 Å². The van der Waals surface area contributed by atoms with Crippen LogP contribution in [0, 0.1) is 12.8 Å². The molecule has 0 saturated heterocycles. The molecule has 10 heteroatoms. The number of halogens is 3. The van der Waals surface area contributed by atoms with E-state index in [1.807, 2.05) is 38.1 Å². The van der Waals surface area contributed by atoms with E-state index in [2.05, 4.69) is 10.4 Å². The van der Waals surface area contributed by atoms with Gasteiger partial charge in [-0.2, -0.15) is 18.3 Å². The largest absolute Gasteiger partial charge is 0.392 e. The number of hydrogen-bond acceptors (Lipinski definition) is 4. The van der Waals surface area contributed by atoms with Crippen LogP contribution in [0.2, 0.25) is 0 Å². The summed E-state index contributed by atoms with van der Waals surface area (Å²) in [4.78, 5) is 26.6. The number of allylic oxidation sites excluding steroid dienone is 1. The summed E-state index contributed by atoms with van der Waals surface area (Å²) in [7, 11) is 0. The Hall–Kier alpha value is -3.14. The number of aryl methyl sites for hydroxylation is 1. The summed E-state index contributed by atoms with van der Waals surface area (Å²) < 4.78 is 41.7. The zero-order valence-electron chi connectivity index (χ0n) is 19.2. The molecule has 34 heavy (non-hydrogen) atoms. The maximum Gasteiger partial charge on any atom is 0.392 e. The van der Waals surface area contributed by atoms with Crippen molar-refractivity contribution in [3.63, 3.8) is 0 Å². The quantitative estimate of drug-likeness (QED) is 0.706. The van der Waals surface area contributed by atoms with Crippen LogP contribution in [0.5, 0.6) is 0 Å². The van der Waals surface area contributed by atoms with Gasteiger partial charge in [0.25, 0.3) is 5.91 Å². The van der Waals surface area contributed by atoms with E-state index in [9.17, 15) is 27.9 Å². The monoisotopic (exact) mass is 476 g/mol. The van der Waals surface area contributed by atoms with E-state index in [1.165, 1.54) is 13.0 Å². The van der Waals surface area contributed by atoms with Crippen molar-refractivity contribution < 1.29 is 27.9 Å². The minimum absolute atomic E-state index is 0.0133. The van der Waals surface area contributed by atoms with Gasteiger partial charge in [-0.3, -0.25) is 14.3 Å². The molecule has 0 bridgehead atoms. The van der Waals surface area contributed by atoms with Crippen LogP contribution in [0.4, 0.5) is 13.2 Å². The molecule has 2 amide bonds. The van der Waals surface area contributed by atoms with Gasteiger partial charge in [-0.1, -0.05) is 29.8 Å². The van der Waals surface area contributed by atoms with E-state index >= 15 is 0 Å². The number of hydrogen-bond donors (Lipinski definition) is 2. The molecule has 1 aliphatic carbocycles. The summed E-state index contributed by atoms with van der Waals surface area (Å²) >= 11 is 0. The highest BCUT2D eigenvalue weighted by molar-refractivity contribution is 5.94. The van der Waals surface area contributed by atoms with Crippen LogP contribution in [-0.2, 0) is 11.3 Å². The number of aromatic nitrogens is 2. The van der Waals surface area contributed by atoms with Crippen molar-refractivity contribution >= 4 is 17.4 Å². The molecule has 2 aliphatic rings. The third-order valence-corrected chi connectivity index (χ3v) is 6.32. The molecular formula is C24H27F3N4O3. The molecule has 1 aromatic carbocycles. The van der Waals surface area contributed by atoms with Crippen molar-refractivity contribution in [2.24, 2.45) is 5.92 Å². The molecule has 2 aromatic rings. The van der Waals surface area contributed by atoms with Crippen LogP contribution in [-0.4, -0.2) is 50.4 Å². The van der Waals surface area contributed by atoms with Gasteiger partial charge >= 0.3 is 6.18 Å². The second-order valence-electron chi connectivity index (χ2n) is 9.15. The minimum Gasteiger partial charge on any atom is -0.388 e. The third kappa shape index (κ3) is 4.72. The Morgan fingerprint density at radius 3 is 2.56 bits per heavy atom. The highest BCUT2D eigenvalue weighted by Crippen LogP contribution is 2.42. The van der Waals surface area contributed by atoms with Crippen molar-refractivity contribution in [2.45, 2.75) is 58.5 Å². The summed E-state index contributed by atoms with van der Waals surface area (Å²) in [5.74, 6) is -2.58. The van der Waals surface area contributed by atoms with Crippen molar-refractivity contribution in [3.05, 3.63) is 58.5 Å². The first kappa shape index (κ1) is 24.0. The number of carbonyl (C=O) groups is 2. The van der Waals surface area contributed by atoms with Gasteiger partial charge in [-0.25, -0.2) is 0 Å². The molecule has 2 N–H and O–H groups in total. The van der Waals surface area contributed by atoms with Crippen LogP contribution in [0.25, 0.3) is 5.57 Å². The maximum absolute atomic E-state index is 13.4. The lowest BCUT2D eigenvalue weighted by Crippen LogP contribution is -2.41. The average Bonchev–Trinajstić information content (AvgIpc) is 3.18. The zero-order chi connectivity index (χ0) is 24.8. The Bertz CT molecular complexity index is 1140. The molecule has 0 spiro atoms. The van der Waals surface area contributed by atoms with Gasteiger partial charge in [-0.15, -0.1) is 0 Å². The molecule has 4 rings (SSSR count). The van der Waals surface area contributed by atoms with E-state index in [-0.39, 0.29) is 28.9 Å². The lowest BCUT2D eigenvalue weighted by molar-refractivity contribution is -0.181. The smallest absolute Gasteiger partial charge is 0.388 e. The molecule has 2 heterocycles. The maximum atomic E-state index is 13.4. The fourth-order valence-electron chi connectivity index (χ4n) is 4.65. The number of nitrogens with zero attached hydrogens (tertiary/aromatic N) is 3. The molecule has 0 fully saturated rings. The van der Waals surface area contributed by atoms with Crippen LogP contribution in [0.15, 0.2) is 36.0 Å². The molecule has 2 unspecified atom stereocenters. The van der Waals surface area contributed by atoms with Gasteiger partial charge in [0.05, 0.1) is 23.8 Å². The Morgan fingerprint density at radius 1 is 1.26 bits per heavy atom. The number of amides is 2. The Morgan fingerprint density at radius 2 is 1.94 bits per heavy atom. The number of rotatable bonds is 4. The van der Waals surface area contributed by atoms with Crippen LogP contribution >= 0.6 is 0 Å².